The summed E-state index contributed by atoms with van der Waals surface area (Å²) in [5.41, 5.74) is 18.3. The Morgan fingerprint density at radius 3 is 1.59 bits per heavy atom. The third kappa shape index (κ3) is 5.91. The molecule has 59 heavy (non-hydrogen) atoms. The number of hydrogen-bond acceptors (Lipinski definition) is 2. The van der Waals surface area contributed by atoms with Crippen LogP contribution in [0.1, 0.15) is 25.0 Å². The van der Waals surface area contributed by atoms with Crippen molar-refractivity contribution in [3.63, 3.8) is 0 Å². The molecule has 10 aromatic rings. The number of hydrogen-bond donors (Lipinski definition) is 0. The second-order valence-corrected chi connectivity index (χ2v) is 17.2. The Bertz CT molecular complexity index is 3160. The summed E-state index contributed by atoms with van der Waals surface area (Å²) in [6.07, 6.45) is 0. The van der Waals surface area contributed by atoms with Crippen LogP contribution < -0.4 is 4.90 Å². The van der Waals surface area contributed by atoms with Gasteiger partial charge in [-0.2, -0.15) is 0 Å². The third-order valence-electron chi connectivity index (χ3n) is 12.3. The summed E-state index contributed by atoms with van der Waals surface area (Å²) in [5, 5.41) is 2.63. The van der Waals surface area contributed by atoms with Crippen LogP contribution in [-0.2, 0) is 5.41 Å². The fraction of sp³-hybridized carbons (Fsp3) is 0.0526. The van der Waals surface area contributed by atoms with Crippen molar-refractivity contribution in [2.45, 2.75) is 19.3 Å². The maximum atomic E-state index is 2.45. The molecule has 0 N–H and O–H groups in total. The van der Waals surface area contributed by atoms with Gasteiger partial charge in [0.25, 0.3) is 0 Å². The van der Waals surface area contributed by atoms with Gasteiger partial charge in [-0.3, -0.25) is 0 Å². The summed E-state index contributed by atoms with van der Waals surface area (Å²) in [5.74, 6) is 0. The molecule has 2 heteroatoms. The van der Waals surface area contributed by atoms with Gasteiger partial charge in [0, 0.05) is 42.5 Å². The second-order valence-electron chi connectivity index (χ2n) is 16.1. The van der Waals surface area contributed by atoms with Crippen LogP contribution in [0.3, 0.4) is 0 Å². The molecule has 0 aliphatic heterocycles. The number of anilines is 3. The van der Waals surface area contributed by atoms with Crippen molar-refractivity contribution < 1.29 is 0 Å². The molecular weight excluding hydrogens is 731 g/mol. The number of benzene rings is 9. The summed E-state index contributed by atoms with van der Waals surface area (Å²) < 4.78 is 2.65. The minimum Gasteiger partial charge on any atom is -0.310 e. The van der Waals surface area contributed by atoms with Crippen LogP contribution >= 0.6 is 11.3 Å². The maximum Gasteiger partial charge on any atom is 0.0546 e. The van der Waals surface area contributed by atoms with E-state index in [-0.39, 0.29) is 5.41 Å². The van der Waals surface area contributed by atoms with Crippen molar-refractivity contribution in [2.75, 3.05) is 4.90 Å². The average Bonchev–Trinajstić information content (AvgIpc) is 3.79. The summed E-state index contributed by atoms with van der Waals surface area (Å²) in [6.45, 7) is 4.72. The van der Waals surface area contributed by atoms with Gasteiger partial charge in [-0.15, -0.1) is 11.3 Å². The van der Waals surface area contributed by atoms with Gasteiger partial charge in [-0.1, -0.05) is 178 Å². The molecule has 0 fully saturated rings. The first-order valence-corrected chi connectivity index (χ1v) is 21.2. The lowest BCUT2D eigenvalue weighted by molar-refractivity contribution is 0.660. The van der Waals surface area contributed by atoms with E-state index in [1.165, 1.54) is 86.9 Å². The van der Waals surface area contributed by atoms with Crippen LogP contribution in [0.25, 0.3) is 75.8 Å². The van der Waals surface area contributed by atoms with E-state index < -0.39 is 0 Å². The summed E-state index contributed by atoms with van der Waals surface area (Å²) in [4.78, 5) is 2.45. The van der Waals surface area contributed by atoms with Crippen LogP contribution in [0, 0.1) is 0 Å². The third-order valence-corrected chi connectivity index (χ3v) is 13.5. The van der Waals surface area contributed by atoms with Gasteiger partial charge in [0.1, 0.15) is 0 Å². The van der Waals surface area contributed by atoms with Gasteiger partial charge in [-0.25, -0.2) is 0 Å². The predicted molar refractivity (Wildman–Crippen MR) is 253 cm³/mol. The topological polar surface area (TPSA) is 3.24 Å². The van der Waals surface area contributed by atoms with Crippen molar-refractivity contribution in [2.24, 2.45) is 0 Å². The number of nitrogens with zero attached hydrogens (tertiary/aromatic N) is 1. The van der Waals surface area contributed by atoms with E-state index in [4.69, 9.17) is 0 Å². The molecule has 0 saturated heterocycles. The Balaban J connectivity index is 1.11. The van der Waals surface area contributed by atoms with Gasteiger partial charge < -0.3 is 4.90 Å². The first kappa shape index (κ1) is 35.2. The van der Waals surface area contributed by atoms with Crippen LogP contribution in [0.5, 0.6) is 0 Å². The number of rotatable bonds is 7. The van der Waals surface area contributed by atoms with Crippen molar-refractivity contribution in [1.29, 1.82) is 0 Å². The van der Waals surface area contributed by atoms with E-state index in [1.54, 1.807) is 0 Å². The smallest absolute Gasteiger partial charge is 0.0546 e. The summed E-state index contributed by atoms with van der Waals surface area (Å²) >= 11 is 1.86. The number of thiophene rings is 1. The monoisotopic (exact) mass is 771 g/mol. The second kappa shape index (κ2) is 14.1. The Morgan fingerprint density at radius 1 is 0.356 bits per heavy atom. The zero-order chi connectivity index (χ0) is 39.5. The van der Waals surface area contributed by atoms with Crippen LogP contribution in [0.4, 0.5) is 17.1 Å². The highest BCUT2D eigenvalue weighted by Gasteiger charge is 2.37. The molecule has 1 aliphatic carbocycles. The molecule has 9 aromatic carbocycles. The van der Waals surface area contributed by atoms with Gasteiger partial charge in [0.2, 0.25) is 0 Å². The molecule has 0 saturated carbocycles. The highest BCUT2D eigenvalue weighted by Crippen LogP contribution is 2.54. The van der Waals surface area contributed by atoms with Crippen LogP contribution in [-0.4, -0.2) is 0 Å². The van der Waals surface area contributed by atoms with Gasteiger partial charge in [0.05, 0.1) is 5.69 Å². The van der Waals surface area contributed by atoms with E-state index in [1.807, 2.05) is 11.3 Å². The lowest BCUT2D eigenvalue weighted by Crippen LogP contribution is -2.14. The Labute approximate surface area is 350 Å². The molecule has 0 amide bonds. The molecule has 1 heterocycles. The normalized spacial score (nSPS) is 12.7. The largest absolute Gasteiger partial charge is 0.310 e. The van der Waals surface area contributed by atoms with Crippen LogP contribution in [0.2, 0.25) is 0 Å². The lowest BCUT2D eigenvalue weighted by atomic mass is 9.81. The zero-order valence-corrected chi connectivity index (χ0v) is 33.9. The lowest BCUT2D eigenvalue weighted by Gasteiger charge is -2.30. The fourth-order valence-electron chi connectivity index (χ4n) is 9.41. The Hall–Kier alpha value is -7.00. The maximum absolute atomic E-state index is 2.45. The highest BCUT2D eigenvalue weighted by atomic mass is 32.1. The van der Waals surface area contributed by atoms with E-state index in [2.05, 4.69) is 231 Å². The van der Waals surface area contributed by atoms with Crippen LogP contribution in [0.15, 0.2) is 212 Å². The first-order valence-electron chi connectivity index (χ1n) is 20.4. The SMILES string of the molecule is CC1(C)c2ccccc2-c2c(-c3cccc(N(c4ccc(-c5ccccc5)cc4)c4ccc(-c5ccc6sc7ccccc7c6c5)cc4)c3-c3ccccc3)cccc21. The molecule has 0 unspecified atom stereocenters. The molecule has 280 valence electrons. The molecule has 0 atom stereocenters. The van der Waals surface area contributed by atoms with Crippen molar-refractivity contribution in [1.82, 2.24) is 0 Å². The molecule has 0 spiro atoms. The Kier molecular flexibility index (Phi) is 8.43. The highest BCUT2D eigenvalue weighted by molar-refractivity contribution is 7.25. The van der Waals surface area contributed by atoms with Crippen molar-refractivity contribution in [3.8, 4) is 55.6 Å². The van der Waals surface area contributed by atoms with E-state index >= 15 is 0 Å². The van der Waals surface area contributed by atoms with Gasteiger partial charge in [-0.05, 0) is 110 Å². The molecule has 0 radical (unpaired) electrons. The number of fused-ring (bicyclic) bond motifs is 6. The summed E-state index contributed by atoms with van der Waals surface area (Å²) in [6, 6.07) is 78.1. The van der Waals surface area contributed by atoms with Crippen molar-refractivity contribution in [3.05, 3.63) is 223 Å². The molecule has 11 rings (SSSR count). The van der Waals surface area contributed by atoms with E-state index in [0.717, 1.165) is 17.1 Å². The standard InChI is InChI=1S/C57H41NS/c1-57(2)50-23-11-9-20-48(50)56-47(21-13-24-51(56)57)46-22-14-25-52(55(46)41-17-7-4-8-18-41)58(43-32-27-39(28-33-43)38-15-5-3-6-16-38)44-34-29-40(30-35-44)42-31-36-54-49(37-42)45-19-10-12-26-53(45)59-54/h3-37H,1-2H3. The van der Waals surface area contributed by atoms with Gasteiger partial charge >= 0.3 is 0 Å². The van der Waals surface area contributed by atoms with Crippen molar-refractivity contribution >= 4 is 48.6 Å². The minimum absolute atomic E-state index is 0.0954. The summed E-state index contributed by atoms with van der Waals surface area (Å²) in [7, 11) is 0. The van der Waals surface area contributed by atoms with E-state index in [0.29, 0.717) is 0 Å². The predicted octanol–water partition coefficient (Wildman–Crippen LogP) is 16.5. The average molecular weight is 772 g/mol. The molecule has 1 nitrogen and oxygen atoms in total. The zero-order valence-electron chi connectivity index (χ0n) is 33.1. The molecule has 1 aliphatic rings. The van der Waals surface area contributed by atoms with Gasteiger partial charge in [0.15, 0.2) is 0 Å². The quantitative estimate of drug-likeness (QED) is 0.156. The minimum atomic E-state index is -0.0954. The fourth-order valence-corrected chi connectivity index (χ4v) is 10.5. The Morgan fingerprint density at radius 2 is 0.864 bits per heavy atom. The van der Waals surface area contributed by atoms with E-state index in [9.17, 15) is 0 Å². The molecular formula is C57H41NS. The molecule has 1 aromatic heterocycles. The molecule has 0 bridgehead atoms. The first-order chi connectivity index (χ1) is 29.0.